The highest BCUT2D eigenvalue weighted by atomic mass is 28.2. The van der Waals surface area contributed by atoms with Crippen molar-refractivity contribution in [1.82, 2.24) is 0 Å². The van der Waals surface area contributed by atoms with Crippen molar-refractivity contribution < 1.29 is 4.43 Å². The van der Waals surface area contributed by atoms with Gasteiger partial charge in [0.25, 0.3) is 0 Å². The first-order chi connectivity index (χ1) is 7.79. The van der Waals surface area contributed by atoms with Gasteiger partial charge in [0.2, 0.25) is 0 Å². The van der Waals surface area contributed by atoms with Crippen LogP contribution in [0.3, 0.4) is 0 Å². The van der Waals surface area contributed by atoms with Crippen LogP contribution in [0.2, 0.25) is 0 Å². The first-order valence-corrected chi connectivity index (χ1v) is 7.15. The molecular weight excluding hydrogens is 212 g/mol. The van der Waals surface area contributed by atoms with Crippen LogP contribution in [0.4, 0.5) is 0 Å². The summed E-state index contributed by atoms with van der Waals surface area (Å²) in [6.45, 7) is 5.43. The maximum atomic E-state index is 5.59. The van der Waals surface area contributed by atoms with Gasteiger partial charge in [-0.3, -0.25) is 0 Å². The van der Waals surface area contributed by atoms with E-state index >= 15 is 0 Å². The Labute approximate surface area is 103 Å². The van der Waals surface area contributed by atoms with Crippen molar-refractivity contribution in [2.75, 3.05) is 6.61 Å². The Morgan fingerprint density at radius 2 is 1.88 bits per heavy atom. The van der Waals surface area contributed by atoms with Crippen LogP contribution in [0.15, 0.2) is 30.3 Å². The van der Waals surface area contributed by atoms with E-state index in [-0.39, 0.29) is 5.41 Å². The Kier molecular flexibility index (Phi) is 5.78. The Balaban J connectivity index is 2.92. The van der Waals surface area contributed by atoms with Gasteiger partial charge in [-0.05, 0) is 18.4 Å². The smallest absolute Gasteiger partial charge is 0.146 e. The molecule has 16 heavy (non-hydrogen) atoms. The molecule has 0 radical (unpaired) electrons. The lowest BCUT2D eigenvalue weighted by Gasteiger charge is -2.33. The summed E-state index contributed by atoms with van der Waals surface area (Å²) in [6.07, 6.45) is 4.95. The van der Waals surface area contributed by atoms with Crippen molar-refractivity contribution in [1.29, 1.82) is 0 Å². The Morgan fingerprint density at radius 3 is 2.38 bits per heavy atom. The van der Waals surface area contributed by atoms with Gasteiger partial charge in [-0.2, -0.15) is 0 Å². The predicted molar refractivity (Wildman–Crippen MR) is 73.8 cm³/mol. The fraction of sp³-hybridized carbons (Fsp3) is 0.571. The number of unbranched alkanes of at least 4 members (excludes halogenated alkanes) is 1. The summed E-state index contributed by atoms with van der Waals surface area (Å²) in [5.74, 6) is 0. The van der Waals surface area contributed by atoms with Crippen molar-refractivity contribution in [3.63, 3.8) is 0 Å². The van der Waals surface area contributed by atoms with Gasteiger partial charge in [-0.1, -0.05) is 57.0 Å². The topological polar surface area (TPSA) is 9.23 Å². The van der Waals surface area contributed by atoms with Crippen molar-refractivity contribution in [3.05, 3.63) is 35.9 Å². The molecule has 0 saturated carbocycles. The van der Waals surface area contributed by atoms with Crippen LogP contribution in [0.25, 0.3) is 0 Å². The van der Waals surface area contributed by atoms with E-state index in [0.29, 0.717) is 0 Å². The third-order valence-electron chi connectivity index (χ3n) is 3.49. The zero-order valence-electron chi connectivity index (χ0n) is 10.8. The minimum absolute atomic E-state index is 0.249. The van der Waals surface area contributed by atoms with Crippen molar-refractivity contribution in [3.8, 4) is 0 Å². The van der Waals surface area contributed by atoms with Gasteiger partial charge in [0.1, 0.15) is 10.5 Å². The molecule has 0 aliphatic carbocycles. The zero-order chi connectivity index (χ0) is 11.9. The molecule has 1 aromatic carbocycles. The summed E-state index contributed by atoms with van der Waals surface area (Å²) in [7, 11) is 0.834. The van der Waals surface area contributed by atoms with Crippen LogP contribution in [0, 0.1) is 0 Å². The summed E-state index contributed by atoms with van der Waals surface area (Å²) in [5, 5.41) is 0. The van der Waals surface area contributed by atoms with Gasteiger partial charge in [0, 0.05) is 12.0 Å². The molecule has 1 aromatic rings. The van der Waals surface area contributed by atoms with E-state index in [0.717, 1.165) is 17.1 Å². The summed E-state index contributed by atoms with van der Waals surface area (Å²) >= 11 is 0. The maximum absolute atomic E-state index is 5.59. The number of rotatable bonds is 7. The van der Waals surface area contributed by atoms with E-state index in [1.54, 1.807) is 0 Å². The minimum Gasteiger partial charge on any atom is -0.427 e. The lowest BCUT2D eigenvalue weighted by molar-refractivity contribution is 0.208. The lowest BCUT2D eigenvalue weighted by Crippen LogP contribution is -2.31. The van der Waals surface area contributed by atoms with E-state index in [1.165, 1.54) is 31.2 Å². The molecule has 0 N–H and O–H groups in total. The molecular formula is C14H24OSi. The van der Waals surface area contributed by atoms with Crippen LogP contribution < -0.4 is 0 Å². The van der Waals surface area contributed by atoms with Crippen molar-refractivity contribution in [2.24, 2.45) is 0 Å². The molecule has 1 nitrogen and oxygen atoms in total. The van der Waals surface area contributed by atoms with Gasteiger partial charge in [-0.15, -0.1) is 0 Å². The molecule has 0 aliphatic heterocycles. The molecule has 0 bridgehead atoms. The highest BCUT2D eigenvalue weighted by Gasteiger charge is 2.29. The number of hydrogen-bond acceptors (Lipinski definition) is 1. The highest BCUT2D eigenvalue weighted by Crippen LogP contribution is 2.33. The molecule has 1 rings (SSSR count). The molecule has 0 fully saturated rings. The Morgan fingerprint density at radius 1 is 1.19 bits per heavy atom. The monoisotopic (exact) mass is 236 g/mol. The minimum atomic E-state index is 0.249. The molecule has 0 aromatic heterocycles. The number of benzene rings is 1. The van der Waals surface area contributed by atoms with Gasteiger partial charge in [0.15, 0.2) is 0 Å². The number of hydrogen-bond donors (Lipinski definition) is 0. The van der Waals surface area contributed by atoms with E-state index in [4.69, 9.17) is 4.43 Å². The highest BCUT2D eigenvalue weighted by molar-refractivity contribution is 5.98. The third kappa shape index (κ3) is 3.19. The first kappa shape index (κ1) is 13.5. The second kappa shape index (κ2) is 6.87. The van der Waals surface area contributed by atoms with E-state index in [1.807, 2.05) is 0 Å². The molecule has 90 valence electrons. The summed E-state index contributed by atoms with van der Waals surface area (Å²) in [4.78, 5) is 0. The molecule has 0 heterocycles. The van der Waals surface area contributed by atoms with Crippen molar-refractivity contribution in [2.45, 2.75) is 44.9 Å². The third-order valence-corrected chi connectivity index (χ3v) is 3.78. The van der Waals surface area contributed by atoms with Gasteiger partial charge in [0.05, 0.1) is 0 Å². The molecule has 0 spiro atoms. The molecule has 1 unspecified atom stereocenters. The van der Waals surface area contributed by atoms with Gasteiger partial charge >= 0.3 is 0 Å². The van der Waals surface area contributed by atoms with Crippen LogP contribution in [0.1, 0.15) is 45.1 Å². The Bertz CT molecular complexity index is 286. The molecule has 0 saturated heterocycles. The van der Waals surface area contributed by atoms with Crippen LogP contribution in [0.5, 0.6) is 0 Å². The standard InChI is InChI=1S/C14H24OSi/c1-3-5-11-14(4-2,12-15-16)13-9-7-6-8-10-13/h6-10H,3-5,11-12H2,1-2,16H3. The molecule has 2 heteroatoms. The van der Waals surface area contributed by atoms with E-state index < -0.39 is 0 Å². The maximum Gasteiger partial charge on any atom is 0.146 e. The first-order valence-electron chi connectivity index (χ1n) is 6.33. The van der Waals surface area contributed by atoms with E-state index in [2.05, 4.69) is 44.2 Å². The molecule has 0 amide bonds. The normalized spacial score (nSPS) is 14.9. The largest absolute Gasteiger partial charge is 0.427 e. The molecule has 1 atom stereocenters. The predicted octanol–water partition coefficient (Wildman–Crippen LogP) is 2.82. The van der Waals surface area contributed by atoms with Crippen LogP contribution in [-0.4, -0.2) is 17.1 Å². The lowest BCUT2D eigenvalue weighted by atomic mass is 9.75. The van der Waals surface area contributed by atoms with Gasteiger partial charge < -0.3 is 4.43 Å². The molecule has 0 aliphatic rings. The zero-order valence-corrected chi connectivity index (χ0v) is 12.8. The van der Waals surface area contributed by atoms with Crippen LogP contribution in [-0.2, 0) is 9.84 Å². The van der Waals surface area contributed by atoms with Gasteiger partial charge in [-0.25, -0.2) is 0 Å². The Hall–Kier alpha value is -0.603. The summed E-state index contributed by atoms with van der Waals surface area (Å²) < 4.78 is 5.59. The fourth-order valence-electron chi connectivity index (χ4n) is 2.37. The van der Waals surface area contributed by atoms with Crippen LogP contribution >= 0.6 is 0 Å². The summed E-state index contributed by atoms with van der Waals surface area (Å²) in [5.41, 5.74) is 1.70. The second-order valence-electron chi connectivity index (χ2n) is 4.54. The second-order valence-corrected chi connectivity index (χ2v) is 5.11. The summed E-state index contributed by atoms with van der Waals surface area (Å²) in [6, 6.07) is 10.9. The average Bonchev–Trinajstić information content (AvgIpc) is 2.36. The SMILES string of the molecule is CCCCC(CC)(CO[SiH3])c1ccccc1. The van der Waals surface area contributed by atoms with E-state index in [9.17, 15) is 0 Å². The fourth-order valence-corrected chi connectivity index (χ4v) is 2.92. The van der Waals surface area contributed by atoms with Crippen molar-refractivity contribution >= 4 is 10.5 Å². The average molecular weight is 236 g/mol. The quantitative estimate of drug-likeness (QED) is 0.662.